The molecule has 2 aromatic heterocycles. The molecule has 0 fully saturated rings. The van der Waals surface area contributed by atoms with Crippen LogP contribution in [0, 0.1) is 6.92 Å². The largest absolute Gasteiger partial charge is 0.465 e. The first-order valence-electron chi connectivity index (χ1n) is 10.8. The predicted octanol–water partition coefficient (Wildman–Crippen LogP) is 2.58. The molecule has 0 amide bonds. The molecule has 0 radical (unpaired) electrons. The second kappa shape index (κ2) is 8.62. The highest BCUT2D eigenvalue weighted by Gasteiger charge is 2.28. The number of fused-ring (bicyclic) bond motifs is 2. The van der Waals surface area contributed by atoms with Gasteiger partial charge in [-0.1, -0.05) is 35.0 Å². The predicted molar refractivity (Wildman–Crippen MR) is 132 cm³/mol. The minimum Gasteiger partial charge on any atom is -0.465 e. The number of hydrogen-bond acceptors (Lipinski definition) is 9. The van der Waals surface area contributed by atoms with E-state index in [0.29, 0.717) is 16.7 Å². The number of esters is 2. The van der Waals surface area contributed by atoms with Crippen LogP contribution in [-0.2, 0) is 9.47 Å². The highest BCUT2D eigenvalue weighted by molar-refractivity contribution is 6.14. The van der Waals surface area contributed by atoms with E-state index in [2.05, 4.69) is 15.4 Å². The molecule has 0 aliphatic heterocycles. The van der Waals surface area contributed by atoms with E-state index < -0.39 is 17.5 Å². The van der Waals surface area contributed by atoms with Crippen molar-refractivity contribution in [1.29, 1.82) is 0 Å². The number of nitrogen functional groups attached to an aromatic ring is 1. The number of carbonyl (C=O) groups is 2. The first-order chi connectivity index (χ1) is 17.3. The lowest BCUT2D eigenvalue weighted by Gasteiger charge is -2.16. The number of hydrogen-bond donors (Lipinski definition) is 1. The van der Waals surface area contributed by atoms with Gasteiger partial charge in [0.1, 0.15) is 5.52 Å². The Morgan fingerprint density at radius 2 is 1.64 bits per heavy atom. The van der Waals surface area contributed by atoms with Crippen LogP contribution in [0.2, 0.25) is 0 Å². The molecule has 0 atom stereocenters. The Kier molecular flexibility index (Phi) is 5.44. The molecule has 2 N–H and O–H groups in total. The Morgan fingerprint density at radius 1 is 0.944 bits per heavy atom. The van der Waals surface area contributed by atoms with Gasteiger partial charge in [0.05, 0.1) is 47.6 Å². The summed E-state index contributed by atoms with van der Waals surface area (Å²) < 4.78 is 12.3. The van der Waals surface area contributed by atoms with Crippen molar-refractivity contribution < 1.29 is 19.1 Å². The summed E-state index contributed by atoms with van der Waals surface area (Å²) in [5, 5.41) is 13.2. The average Bonchev–Trinajstić information content (AvgIpc) is 3.32. The number of carbonyl (C=O) groups excluding carboxylic acids is 2. The van der Waals surface area contributed by atoms with Crippen LogP contribution < -0.4 is 11.3 Å². The average molecular weight is 484 g/mol. The Balaban J connectivity index is 1.98. The van der Waals surface area contributed by atoms with Gasteiger partial charge in [-0.25, -0.2) is 9.59 Å². The molecule has 5 rings (SSSR count). The highest BCUT2D eigenvalue weighted by Crippen LogP contribution is 2.31. The van der Waals surface area contributed by atoms with E-state index >= 15 is 0 Å². The van der Waals surface area contributed by atoms with Crippen molar-refractivity contribution in [2.75, 3.05) is 20.0 Å². The molecule has 36 heavy (non-hydrogen) atoms. The number of para-hydroxylation sites is 1. The zero-order valence-electron chi connectivity index (χ0n) is 19.6. The molecule has 180 valence electrons. The minimum atomic E-state index is -0.888. The molecular formula is C25H20N6O5. The van der Waals surface area contributed by atoms with E-state index in [4.69, 9.17) is 15.2 Å². The van der Waals surface area contributed by atoms with Gasteiger partial charge in [-0.05, 0) is 37.3 Å². The van der Waals surface area contributed by atoms with Gasteiger partial charge >= 0.3 is 11.9 Å². The fourth-order valence-electron chi connectivity index (χ4n) is 4.05. The van der Waals surface area contributed by atoms with Crippen molar-refractivity contribution >= 4 is 39.4 Å². The first kappa shape index (κ1) is 22.7. The number of methoxy groups -OCH3 is 2. The molecule has 0 spiro atoms. The van der Waals surface area contributed by atoms with E-state index in [1.807, 2.05) is 31.2 Å². The van der Waals surface area contributed by atoms with Crippen LogP contribution in [-0.4, -0.2) is 50.9 Å². The van der Waals surface area contributed by atoms with E-state index in [0.717, 1.165) is 12.7 Å². The number of benzene rings is 3. The van der Waals surface area contributed by atoms with Crippen LogP contribution in [0.15, 0.2) is 59.4 Å². The molecule has 0 unspecified atom stereocenters. The summed E-state index contributed by atoms with van der Waals surface area (Å²) in [7, 11) is 2.32. The van der Waals surface area contributed by atoms with E-state index in [1.165, 1.54) is 22.5 Å². The lowest BCUT2D eigenvalue weighted by atomic mass is 9.99. The molecule has 2 heterocycles. The third kappa shape index (κ3) is 3.45. The Morgan fingerprint density at radius 3 is 2.33 bits per heavy atom. The third-order valence-electron chi connectivity index (χ3n) is 5.83. The number of ether oxygens (including phenoxy) is 2. The molecule has 0 aliphatic carbocycles. The van der Waals surface area contributed by atoms with Gasteiger partial charge in [0, 0.05) is 5.39 Å². The summed E-state index contributed by atoms with van der Waals surface area (Å²) >= 11 is 0. The Bertz CT molecular complexity index is 1740. The van der Waals surface area contributed by atoms with Crippen molar-refractivity contribution in [3.63, 3.8) is 0 Å². The number of aromatic nitrogens is 5. The van der Waals surface area contributed by atoms with Crippen LogP contribution >= 0.6 is 0 Å². The molecule has 11 heteroatoms. The van der Waals surface area contributed by atoms with E-state index in [1.54, 1.807) is 24.3 Å². The standard InChI is InChI=1S/C25H20N6O5/c1-13-8-10-14(11-9-13)30-23(32)19-15(12-16(24(33)35-2)20(21(19)26)25(34)36-3)22(28-30)31-18-7-5-4-6-17(18)27-29-31/h4-12H,26H2,1-3H3. The van der Waals surface area contributed by atoms with Crippen LogP contribution in [0.3, 0.4) is 0 Å². The van der Waals surface area contributed by atoms with Gasteiger partial charge in [0.25, 0.3) is 5.56 Å². The summed E-state index contributed by atoms with van der Waals surface area (Å²) in [4.78, 5) is 39.0. The van der Waals surface area contributed by atoms with Crippen molar-refractivity contribution in [2.45, 2.75) is 6.92 Å². The number of nitrogens with two attached hydrogens (primary N) is 1. The maximum absolute atomic E-state index is 13.7. The van der Waals surface area contributed by atoms with Gasteiger partial charge in [-0.15, -0.1) is 10.2 Å². The summed E-state index contributed by atoms with van der Waals surface area (Å²) in [6, 6.07) is 15.7. The molecule has 0 saturated heterocycles. The van der Waals surface area contributed by atoms with Gasteiger partial charge in [0.15, 0.2) is 5.82 Å². The molecule has 0 bridgehead atoms. The zero-order chi connectivity index (χ0) is 25.6. The molecule has 0 saturated carbocycles. The molecule has 5 aromatic rings. The zero-order valence-corrected chi connectivity index (χ0v) is 19.6. The van der Waals surface area contributed by atoms with Crippen molar-refractivity contribution in [3.8, 4) is 11.5 Å². The van der Waals surface area contributed by atoms with Crippen LogP contribution in [0.4, 0.5) is 5.69 Å². The van der Waals surface area contributed by atoms with Gasteiger partial charge in [0.2, 0.25) is 0 Å². The summed E-state index contributed by atoms with van der Waals surface area (Å²) in [6.07, 6.45) is 0. The van der Waals surface area contributed by atoms with Gasteiger partial charge in [-0.2, -0.15) is 9.36 Å². The van der Waals surface area contributed by atoms with E-state index in [-0.39, 0.29) is 33.4 Å². The van der Waals surface area contributed by atoms with Gasteiger partial charge in [-0.3, -0.25) is 4.79 Å². The Hall–Kier alpha value is -5.06. The number of nitrogens with zero attached hydrogens (tertiary/aromatic N) is 5. The quantitative estimate of drug-likeness (QED) is 0.300. The van der Waals surface area contributed by atoms with Gasteiger partial charge < -0.3 is 15.2 Å². The number of anilines is 1. The number of rotatable bonds is 4. The smallest absolute Gasteiger partial charge is 0.340 e. The van der Waals surface area contributed by atoms with Crippen molar-refractivity contribution in [2.24, 2.45) is 0 Å². The number of aryl methyl sites for hydroxylation is 1. The maximum atomic E-state index is 13.7. The molecule has 3 aromatic carbocycles. The van der Waals surface area contributed by atoms with E-state index in [9.17, 15) is 14.4 Å². The van der Waals surface area contributed by atoms with Crippen LogP contribution in [0.25, 0.3) is 33.3 Å². The lowest BCUT2D eigenvalue weighted by molar-refractivity contribution is 0.0556. The first-order valence-corrected chi connectivity index (χ1v) is 10.8. The topological polar surface area (TPSA) is 144 Å². The Labute approximate surface area is 203 Å². The third-order valence-corrected chi connectivity index (χ3v) is 5.83. The second-order valence-corrected chi connectivity index (χ2v) is 7.98. The summed E-state index contributed by atoms with van der Waals surface area (Å²) in [5.41, 5.74) is 7.78. The van der Waals surface area contributed by atoms with Crippen molar-refractivity contribution in [1.82, 2.24) is 24.8 Å². The second-order valence-electron chi connectivity index (χ2n) is 7.98. The lowest BCUT2D eigenvalue weighted by Crippen LogP contribution is -2.26. The summed E-state index contributed by atoms with van der Waals surface area (Å²) in [5.74, 6) is -1.55. The molecular weight excluding hydrogens is 464 g/mol. The minimum absolute atomic E-state index is 0.0341. The molecule has 0 aliphatic rings. The fraction of sp³-hybridized carbons (Fsp3) is 0.120. The summed E-state index contributed by atoms with van der Waals surface area (Å²) in [6.45, 7) is 1.92. The molecule has 11 nitrogen and oxygen atoms in total. The monoisotopic (exact) mass is 484 g/mol. The van der Waals surface area contributed by atoms with Crippen LogP contribution in [0.5, 0.6) is 0 Å². The highest BCUT2D eigenvalue weighted by atomic mass is 16.5. The fourth-order valence-corrected chi connectivity index (χ4v) is 4.05. The SMILES string of the molecule is COC(=O)c1cc2c(-n3nnc4ccccc43)nn(-c3ccc(C)cc3)c(=O)c2c(N)c1C(=O)OC. The normalized spacial score (nSPS) is 11.1. The van der Waals surface area contributed by atoms with Crippen LogP contribution in [0.1, 0.15) is 26.3 Å². The maximum Gasteiger partial charge on any atom is 0.340 e. The van der Waals surface area contributed by atoms with Crippen molar-refractivity contribution in [3.05, 3.63) is 81.6 Å².